The second-order valence-electron chi connectivity index (χ2n) is 6.64. The highest BCUT2D eigenvalue weighted by Gasteiger charge is 2.32. The molecule has 0 aliphatic rings. The number of benzene rings is 1. The Morgan fingerprint density at radius 3 is 2.72 bits per heavy atom. The number of Topliss-reactive ketones (excluding diaryl/α,β-unsaturated/α-hetero) is 1. The smallest absolute Gasteiger partial charge is 0.323 e. The molecule has 2 aromatic heterocycles. The molecule has 0 amide bonds. The van der Waals surface area contributed by atoms with E-state index in [9.17, 15) is 9.59 Å². The molecular weight excluding hydrogens is 406 g/mol. The molecule has 0 fully saturated rings. The fraction of sp³-hybridized carbons (Fsp3) is 0.333. The number of aryl methyl sites for hydroxylation is 3. The Labute approximate surface area is 178 Å². The monoisotopic (exact) mass is 429 g/mol. The summed E-state index contributed by atoms with van der Waals surface area (Å²) in [6.45, 7) is 7.87. The van der Waals surface area contributed by atoms with E-state index in [1.54, 1.807) is 13.1 Å². The minimum atomic E-state index is -0.995. The maximum absolute atomic E-state index is 12.9. The van der Waals surface area contributed by atoms with Gasteiger partial charge in [0, 0.05) is 23.5 Å². The van der Waals surface area contributed by atoms with E-state index in [-0.39, 0.29) is 18.1 Å². The van der Waals surface area contributed by atoms with Crippen molar-refractivity contribution in [2.45, 2.75) is 38.8 Å². The Hall–Kier alpha value is -2.45. The van der Waals surface area contributed by atoms with E-state index >= 15 is 0 Å². The summed E-state index contributed by atoms with van der Waals surface area (Å²) in [6, 6.07) is 6.19. The zero-order chi connectivity index (χ0) is 21.0. The van der Waals surface area contributed by atoms with E-state index in [0.29, 0.717) is 10.2 Å². The minimum absolute atomic E-state index is 0.101. The number of carbonyl (C=O) groups excluding carboxylic acids is 2. The van der Waals surface area contributed by atoms with Gasteiger partial charge in [0.2, 0.25) is 0 Å². The normalized spacial score (nSPS) is 12.0. The maximum Gasteiger partial charge on any atom is 0.323 e. The second-order valence-corrected chi connectivity index (χ2v) is 8.47. The third-order valence-electron chi connectivity index (χ3n) is 4.29. The highest BCUT2D eigenvalue weighted by Crippen LogP contribution is 2.28. The minimum Gasteiger partial charge on any atom is -0.465 e. The summed E-state index contributed by atoms with van der Waals surface area (Å²) in [5, 5.41) is 3.00. The van der Waals surface area contributed by atoms with Crippen molar-refractivity contribution in [2.75, 3.05) is 12.4 Å². The molecule has 1 atom stereocenters. The Balaban J connectivity index is 1.79. The molecule has 0 bridgehead atoms. The van der Waals surface area contributed by atoms with E-state index in [2.05, 4.69) is 23.0 Å². The molecule has 0 N–H and O–H groups in total. The van der Waals surface area contributed by atoms with Gasteiger partial charge in [-0.15, -0.1) is 11.3 Å². The zero-order valence-electron chi connectivity index (χ0n) is 16.8. The summed E-state index contributed by atoms with van der Waals surface area (Å²) in [5.41, 5.74) is 4.11. The number of nitrogens with zero attached hydrogens (tertiary/aromatic N) is 3. The summed E-state index contributed by atoms with van der Waals surface area (Å²) in [4.78, 5) is 34.1. The van der Waals surface area contributed by atoms with E-state index in [0.717, 1.165) is 16.9 Å². The number of ketones is 1. The van der Waals surface area contributed by atoms with Crippen molar-refractivity contribution in [3.63, 3.8) is 0 Å². The first-order valence-electron chi connectivity index (χ1n) is 9.25. The predicted octanol–water partition coefficient (Wildman–Crippen LogP) is 4.26. The summed E-state index contributed by atoms with van der Waals surface area (Å²) < 4.78 is 7.08. The zero-order valence-corrected chi connectivity index (χ0v) is 18.5. The summed E-state index contributed by atoms with van der Waals surface area (Å²) in [6.07, 6.45) is 3.58. The number of aromatic nitrogens is 3. The number of imidazole rings is 1. The van der Waals surface area contributed by atoms with Crippen molar-refractivity contribution in [1.29, 1.82) is 0 Å². The number of hydrogen-bond donors (Lipinski definition) is 0. The lowest BCUT2D eigenvalue weighted by molar-refractivity contribution is -0.147. The van der Waals surface area contributed by atoms with Crippen LogP contribution in [0.25, 0.3) is 5.69 Å². The van der Waals surface area contributed by atoms with Crippen LogP contribution in [-0.2, 0) is 14.3 Å². The van der Waals surface area contributed by atoms with Crippen LogP contribution in [-0.4, -0.2) is 38.6 Å². The van der Waals surface area contributed by atoms with Crippen LogP contribution in [0.5, 0.6) is 0 Å². The van der Waals surface area contributed by atoms with Gasteiger partial charge >= 0.3 is 5.97 Å². The average Bonchev–Trinajstić information content (AvgIpc) is 3.29. The van der Waals surface area contributed by atoms with Crippen molar-refractivity contribution in [3.8, 4) is 5.69 Å². The van der Waals surface area contributed by atoms with Crippen LogP contribution >= 0.6 is 23.1 Å². The molecule has 0 radical (unpaired) electrons. The Kier molecular flexibility index (Phi) is 6.87. The fourth-order valence-electron chi connectivity index (χ4n) is 2.97. The number of ether oxygens (including phenoxy) is 1. The van der Waals surface area contributed by atoms with Crippen molar-refractivity contribution in [3.05, 3.63) is 57.8 Å². The van der Waals surface area contributed by atoms with Gasteiger partial charge in [-0.3, -0.25) is 14.2 Å². The van der Waals surface area contributed by atoms with E-state index in [1.165, 1.54) is 28.7 Å². The van der Waals surface area contributed by atoms with Crippen LogP contribution in [0.1, 0.15) is 34.7 Å². The van der Waals surface area contributed by atoms with Crippen LogP contribution in [0.4, 0.5) is 0 Å². The standard InChI is InChI=1S/C21H23N3O3S2/c1-5-27-20(26)18(19-23-15(4)11-28-19)17(25)12-29-21-22-8-9-24(21)16-7-6-13(2)10-14(16)3/h6-11,18H,5,12H2,1-4H3/t18-/m1/s1. The number of hydrogen-bond acceptors (Lipinski definition) is 7. The van der Waals surface area contributed by atoms with Gasteiger partial charge in [-0.25, -0.2) is 9.97 Å². The molecule has 8 heteroatoms. The van der Waals surface area contributed by atoms with Crippen LogP contribution in [0.15, 0.2) is 41.1 Å². The number of thiazole rings is 1. The first kappa shape index (κ1) is 21.3. The molecule has 0 unspecified atom stereocenters. The number of rotatable bonds is 8. The van der Waals surface area contributed by atoms with Gasteiger partial charge in [-0.2, -0.15) is 0 Å². The van der Waals surface area contributed by atoms with Crippen LogP contribution in [0, 0.1) is 20.8 Å². The topological polar surface area (TPSA) is 74.1 Å². The molecule has 152 valence electrons. The van der Waals surface area contributed by atoms with Gasteiger partial charge in [0.1, 0.15) is 5.01 Å². The Morgan fingerprint density at radius 1 is 1.28 bits per heavy atom. The Bertz CT molecular complexity index is 1030. The third-order valence-corrected chi connectivity index (χ3v) is 6.31. The number of esters is 1. The summed E-state index contributed by atoms with van der Waals surface area (Å²) in [5.74, 6) is -1.68. The van der Waals surface area contributed by atoms with Crippen LogP contribution in [0.3, 0.4) is 0 Å². The molecule has 29 heavy (non-hydrogen) atoms. The molecule has 0 aliphatic heterocycles. The summed E-state index contributed by atoms with van der Waals surface area (Å²) in [7, 11) is 0. The van der Waals surface area contributed by atoms with Crippen LogP contribution in [0.2, 0.25) is 0 Å². The quantitative estimate of drug-likeness (QED) is 0.303. The highest BCUT2D eigenvalue weighted by atomic mass is 32.2. The lowest BCUT2D eigenvalue weighted by Crippen LogP contribution is -2.25. The molecule has 3 aromatic rings. The van der Waals surface area contributed by atoms with Gasteiger partial charge in [0.25, 0.3) is 0 Å². The highest BCUT2D eigenvalue weighted by molar-refractivity contribution is 7.99. The molecule has 6 nitrogen and oxygen atoms in total. The molecule has 0 saturated carbocycles. The number of thioether (sulfide) groups is 1. The summed E-state index contributed by atoms with van der Waals surface area (Å²) >= 11 is 2.61. The lowest BCUT2D eigenvalue weighted by atomic mass is 10.1. The van der Waals surface area contributed by atoms with E-state index in [1.807, 2.05) is 42.1 Å². The second kappa shape index (κ2) is 9.37. The first-order chi connectivity index (χ1) is 13.9. The molecule has 3 rings (SSSR count). The van der Waals surface area contributed by atoms with E-state index in [4.69, 9.17) is 4.74 Å². The van der Waals surface area contributed by atoms with E-state index < -0.39 is 11.9 Å². The molecule has 1 aromatic carbocycles. The maximum atomic E-state index is 12.9. The third kappa shape index (κ3) is 4.94. The molecule has 0 spiro atoms. The number of carbonyl (C=O) groups is 2. The van der Waals surface area contributed by atoms with Crippen molar-refractivity contribution >= 4 is 34.9 Å². The van der Waals surface area contributed by atoms with Crippen molar-refractivity contribution < 1.29 is 14.3 Å². The van der Waals surface area contributed by atoms with Gasteiger partial charge in [0.15, 0.2) is 16.9 Å². The molecule has 0 aliphatic carbocycles. The van der Waals surface area contributed by atoms with Gasteiger partial charge in [-0.1, -0.05) is 29.5 Å². The van der Waals surface area contributed by atoms with Crippen LogP contribution < -0.4 is 0 Å². The lowest BCUT2D eigenvalue weighted by Gasteiger charge is -2.13. The molecular formula is C21H23N3O3S2. The average molecular weight is 430 g/mol. The SMILES string of the molecule is CCOC(=O)[C@H](C(=O)CSc1nccn1-c1ccc(C)cc1C)c1nc(C)cs1. The van der Waals surface area contributed by atoms with Gasteiger partial charge in [-0.05, 0) is 39.3 Å². The van der Waals surface area contributed by atoms with Gasteiger partial charge < -0.3 is 4.74 Å². The van der Waals surface area contributed by atoms with Gasteiger partial charge in [0.05, 0.1) is 18.0 Å². The molecule has 0 saturated heterocycles. The predicted molar refractivity (Wildman–Crippen MR) is 115 cm³/mol. The largest absolute Gasteiger partial charge is 0.465 e. The molecule has 2 heterocycles. The Morgan fingerprint density at radius 2 is 2.07 bits per heavy atom. The van der Waals surface area contributed by atoms with Crippen molar-refractivity contribution in [2.24, 2.45) is 0 Å². The first-order valence-corrected chi connectivity index (χ1v) is 11.1. The van der Waals surface area contributed by atoms with Crippen molar-refractivity contribution in [1.82, 2.24) is 14.5 Å². The fourth-order valence-corrected chi connectivity index (χ4v) is 4.75.